The molecule has 0 saturated carbocycles. The number of carbonyl (C=O) groups is 2. The van der Waals surface area contributed by atoms with E-state index in [0.29, 0.717) is 12.8 Å². The summed E-state index contributed by atoms with van der Waals surface area (Å²) in [5, 5.41) is 2.78. The van der Waals surface area contributed by atoms with E-state index >= 15 is 0 Å². The molecule has 1 amide bonds. The van der Waals surface area contributed by atoms with Crippen molar-refractivity contribution >= 4 is 11.7 Å². The van der Waals surface area contributed by atoms with Gasteiger partial charge < -0.3 is 5.32 Å². The molecule has 3 nitrogen and oxygen atoms in total. The van der Waals surface area contributed by atoms with Crippen LogP contribution in [0.25, 0.3) is 0 Å². The van der Waals surface area contributed by atoms with E-state index in [-0.39, 0.29) is 17.7 Å². The molecule has 1 saturated heterocycles. The molecule has 0 aromatic rings. The number of amides is 1. The molecule has 92 valence electrons. The normalized spacial score (nSPS) is 20.9. The van der Waals surface area contributed by atoms with Crippen molar-refractivity contribution in [1.82, 2.24) is 5.32 Å². The van der Waals surface area contributed by atoms with E-state index in [1.54, 1.807) is 0 Å². The number of piperidine rings is 1. The van der Waals surface area contributed by atoms with Gasteiger partial charge in [0.2, 0.25) is 5.91 Å². The predicted molar refractivity (Wildman–Crippen MR) is 64.2 cm³/mol. The zero-order valence-corrected chi connectivity index (χ0v) is 10.3. The van der Waals surface area contributed by atoms with E-state index in [1.807, 2.05) is 0 Å². The SMILES string of the molecule is CCCCCCCC[C@H]1NC(=O)CCC1=O. The molecule has 1 atom stereocenters. The molecule has 1 rings (SSSR count). The van der Waals surface area contributed by atoms with Gasteiger partial charge in [0.1, 0.15) is 0 Å². The maximum Gasteiger partial charge on any atom is 0.221 e. The molecule has 0 unspecified atom stereocenters. The largest absolute Gasteiger partial charge is 0.346 e. The van der Waals surface area contributed by atoms with Gasteiger partial charge in [-0.05, 0) is 6.42 Å². The van der Waals surface area contributed by atoms with Crippen LogP contribution < -0.4 is 5.32 Å². The van der Waals surface area contributed by atoms with Crippen LogP contribution in [0.5, 0.6) is 0 Å². The first-order valence-electron chi connectivity index (χ1n) is 6.56. The molecule has 0 aliphatic carbocycles. The number of rotatable bonds is 7. The fourth-order valence-corrected chi connectivity index (χ4v) is 2.12. The molecule has 0 spiro atoms. The fourth-order valence-electron chi connectivity index (χ4n) is 2.12. The minimum atomic E-state index is -0.188. The van der Waals surface area contributed by atoms with E-state index in [0.717, 1.165) is 12.8 Å². The number of nitrogens with one attached hydrogen (secondary N) is 1. The van der Waals surface area contributed by atoms with Crippen molar-refractivity contribution in [2.75, 3.05) is 0 Å². The molecule has 0 aromatic carbocycles. The summed E-state index contributed by atoms with van der Waals surface area (Å²) in [5.41, 5.74) is 0. The van der Waals surface area contributed by atoms with Crippen LogP contribution in [0.3, 0.4) is 0 Å². The van der Waals surface area contributed by atoms with Crippen LogP contribution in [-0.4, -0.2) is 17.7 Å². The van der Waals surface area contributed by atoms with Gasteiger partial charge in [0.05, 0.1) is 6.04 Å². The summed E-state index contributed by atoms with van der Waals surface area (Å²) >= 11 is 0. The van der Waals surface area contributed by atoms with E-state index in [1.165, 1.54) is 32.1 Å². The summed E-state index contributed by atoms with van der Waals surface area (Å²) in [4.78, 5) is 22.6. The van der Waals surface area contributed by atoms with Crippen molar-refractivity contribution in [2.45, 2.75) is 70.8 Å². The summed E-state index contributed by atoms with van der Waals surface area (Å²) < 4.78 is 0. The predicted octanol–water partition coefficient (Wildman–Crippen LogP) is 2.58. The molecule has 1 aliphatic rings. The molecule has 1 heterocycles. The number of unbranched alkanes of at least 4 members (excludes halogenated alkanes) is 5. The van der Waals surface area contributed by atoms with Crippen molar-refractivity contribution in [1.29, 1.82) is 0 Å². The van der Waals surface area contributed by atoms with Gasteiger partial charge in [-0.25, -0.2) is 0 Å². The Hall–Kier alpha value is -0.860. The van der Waals surface area contributed by atoms with E-state index in [4.69, 9.17) is 0 Å². The third kappa shape index (κ3) is 4.77. The summed E-state index contributed by atoms with van der Waals surface area (Å²) in [7, 11) is 0. The van der Waals surface area contributed by atoms with E-state index in [2.05, 4.69) is 12.2 Å². The molecular formula is C13H23NO2. The molecule has 1 N–H and O–H groups in total. The van der Waals surface area contributed by atoms with Crippen LogP contribution in [0.2, 0.25) is 0 Å². The van der Waals surface area contributed by atoms with Gasteiger partial charge in [-0.1, -0.05) is 45.4 Å². The second kappa shape index (κ2) is 7.42. The van der Waals surface area contributed by atoms with Gasteiger partial charge in [0.25, 0.3) is 0 Å². The quantitative estimate of drug-likeness (QED) is 0.677. The lowest BCUT2D eigenvalue weighted by Crippen LogP contribution is -2.45. The lowest BCUT2D eigenvalue weighted by molar-refractivity contribution is -0.133. The van der Waals surface area contributed by atoms with E-state index in [9.17, 15) is 9.59 Å². The third-order valence-corrected chi connectivity index (χ3v) is 3.17. The third-order valence-electron chi connectivity index (χ3n) is 3.17. The Kier molecular flexibility index (Phi) is 6.12. The second-order valence-corrected chi connectivity index (χ2v) is 4.64. The number of hydrogen-bond donors (Lipinski definition) is 1. The highest BCUT2D eigenvalue weighted by Crippen LogP contribution is 2.13. The van der Waals surface area contributed by atoms with Crippen molar-refractivity contribution in [2.24, 2.45) is 0 Å². The van der Waals surface area contributed by atoms with Crippen LogP contribution in [0.15, 0.2) is 0 Å². The Morgan fingerprint density at radius 2 is 1.75 bits per heavy atom. The lowest BCUT2D eigenvalue weighted by Gasteiger charge is -2.21. The molecular weight excluding hydrogens is 202 g/mol. The van der Waals surface area contributed by atoms with Gasteiger partial charge in [-0.2, -0.15) is 0 Å². The first-order valence-corrected chi connectivity index (χ1v) is 6.56. The number of hydrogen-bond acceptors (Lipinski definition) is 2. The monoisotopic (exact) mass is 225 g/mol. The zero-order chi connectivity index (χ0) is 11.8. The minimum absolute atomic E-state index is 0.0376. The molecule has 16 heavy (non-hydrogen) atoms. The topological polar surface area (TPSA) is 46.2 Å². The van der Waals surface area contributed by atoms with Crippen LogP contribution in [0.1, 0.15) is 64.7 Å². The van der Waals surface area contributed by atoms with Crippen molar-refractivity contribution in [3.8, 4) is 0 Å². The lowest BCUT2D eigenvalue weighted by atomic mass is 9.97. The number of Topliss-reactive ketones (excluding diaryl/α,β-unsaturated/α-hetero) is 1. The fraction of sp³-hybridized carbons (Fsp3) is 0.846. The zero-order valence-electron chi connectivity index (χ0n) is 10.3. The first kappa shape index (κ1) is 13.2. The van der Waals surface area contributed by atoms with Crippen LogP contribution in [-0.2, 0) is 9.59 Å². The number of carbonyl (C=O) groups excluding carboxylic acids is 2. The minimum Gasteiger partial charge on any atom is -0.346 e. The molecule has 0 radical (unpaired) electrons. The highest BCUT2D eigenvalue weighted by atomic mass is 16.2. The van der Waals surface area contributed by atoms with Gasteiger partial charge >= 0.3 is 0 Å². The molecule has 0 bridgehead atoms. The maximum absolute atomic E-state index is 11.5. The van der Waals surface area contributed by atoms with Crippen LogP contribution in [0.4, 0.5) is 0 Å². The van der Waals surface area contributed by atoms with Crippen molar-refractivity contribution < 1.29 is 9.59 Å². The molecule has 1 aliphatic heterocycles. The Balaban J connectivity index is 2.07. The number of ketones is 1. The van der Waals surface area contributed by atoms with Gasteiger partial charge in [-0.15, -0.1) is 0 Å². The van der Waals surface area contributed by atoms with Crippen LogP contribution >= 0.6 is 0 Å². The summed E-state index contributed by atoms with van der Waals surface area (Å²) in [5.74, 6) is 0.253. The standard InChI is InChI=1S/C13H23NO2/c1-2-3-4-5-6-7-8-11-12(15)9-10-13(16)14-11/h11H,2-10H2,1H3,(H,14,16)/t11-/m1/s1. The Labute approximate surface area is 98.0 Å². The second-order valence-electron chi connectivity index (χ2n) is 4.64. The van der Waals surface area contributed by atoms with Crippen LogP contribution in [0, 0.1) is 0 Å². The summed E-state index contributed by atoms with van der Waals surface area (Å²) in [6.07, 6.45) is 9.00. The van der Waals surface area contributed by atoms with Crippen molar-refractivity contribution in [3.05, 3.63) is 0 Å². The molecule has 1 fully saturated rings. The highest BCUT2D eigenvalue weighted by molar-refractivity contribution is 5.95. The van der Waals surface area contributed by atoms with Gasteiger partial charge in [0, 0.05) is 12.8 Å². The molecule has 0 aromatic heterocycles. The summed E-state index contributed by atoms with van der Waals surface area (Å²) in [6.45, 7) is 2.20. The first-order chi connectivity index (χ1) is 7.74. The highest BCUT2D eigenvalue weighted by Gasteiger charge is 2.25. The smallest absolute Gasteiger partial charge is 0.221 e. The molecule has 3 heteroatoms. The average molecular weight is 225 g/mol. The maximum atomic E-state index is 11.5. The van der Waals surface area contributed by atoms with Crippen molar-refractivity contribution in [3.63, 3.8) is 0 Å². The van der Waals surface area contributed by atoms with E-state index < -0.39 is 0 Å². The van der Waals surface area contributed by atoms with Gasteiger partial charge in [0.15, 0.2) is 5.78 Å². The Morgan fingerprint density at radius 1 is 1.06 bits per heavy atom. The Bertz CT molecular complexity index is 238. The summed E-state index contributed by atoms with van der Waals surface area (Å²) in [6, 6.07) is -0.188. The average Bonchev–Trinajstić information content (AvgIpc) is 2.28. The van der Waals surface area contributed by atoms with Gasteiger partial charge in [-0.3, -0.25) is 9.59 Å². The Morgan fingerprint density at radius 3 is 2.50 bits per heavy atom.